The first kappa shape index (κ1) is 13.1. The van der Waals surface area contributed by atoms with Gasteiger partial charge in [0, 0.05) is 31.0 Å². The van der Waals surface area contributed by atoms with Gasteiger partial charge in [-0.15, -0.1) is 0 Å². The molecular weight excluding hydrogens is 238 g/mol. The molecular formula is C14H19N5. The second-order valence-corrected chi connectivity index (χ2v) is 4.70. The van der Waals surface area contributed by atoms with Gasteiger partial charge in [0.1, 0.15) is 17.5 Å². The van der Waals surface area contributed by atoms with Crippen LogP contribution in [0.15, 0.2) is 24.3 Å². The summed E-state index contributed by atoms with van der Waals surface area (Å²) >= 11 is 0. The average molecular weight is 257 g/mol. The zero-order valence-corrected chi connectivity index (χ0v) is 11.7. The van der Waals surface area contributed by atoms with Gasteiger partial charge in [0.25, 0.3) is 0 Å². The summed E-state index contributed by atoms with van der Waals surface area (Å²) in [7, 11) is 4.02. The van der Waals surface area contributed by atoms with E-state index in [0.717, 1.165) is 22.8 Å². The van der Waals surface area contributed by atoms with E-state index in [-0.39, 0.29) is 0 Å². The number of hydrogen-bond acceptors (Lipinski definition) is 5. The molecule has 0 saturated carbocycles. The van der Waals surface area contributed by atoms with Crippen molar-refractivity contribution in [3.63, 3.8) is 0 Å². The first-order chi connectivity index (χ1) is 8.97. The summed E-state index contributed by atoms with van der Waals surface area (Å²) in [5.41, 5.74) is 8.82. The van der Waals surface area contributed by atoms with Crippen LogP contribution in [-0.4, -0.2) is 24.1 Å². The third-order valence-electron chi connectivity index (χ3n) is 2.92. The lowest BCUT2D eigenvalue weighted by Gasteiger charge is -2.15. The molecule has 0 amide bonds. The minimum Gasteiger partial charge on any atom is -0.383 e. The molecule has 1 heterocycles. The molecule has 0 spiro atoms. The van der Waals surface area contributed by atoms with Crippen molar-refractivity contribution in [2.24, 2.45) is 0 Å². The molecule has 0 saturated heterocycles. The largest absolute Gasteiger partial charge is 0.383 e. The van der Waals surface area contributed by atoms with Crippen molar-refractivity contribution in [2.45, 2.75) is 13.8 Å². The molecule has 0 fully saturated rings. The van der Waals surface area contributed by atoms with Crippen molar-refractivity contribution in [1.29, 1.82) is 0 Å². The van der Waals surface area contributed by atoms with Crippen LogP contribution in [0.2, 0.25) is 0 Å². The summed E-state index contributed by atoms with van der Waals surface area (Å²) in [6.45, 7) is 3.74. The van der Waals surface area contributed by atoms with E-state index in [9.17, 15) is 0 Å². The zero-order valence-electron chi connectivity index (χ0n) is 11.7. The van der Waals surface area contributed by atoms with Gasteiger partial charge in [-0.1, -0.05) is 6.07 Å². The lowest BCUT2D eigenvalue weighted by Crippen LogP contribution is -2.09. The fraction of sp³-hybridized carbons (Fsp3) is 0.286. The molecule has 1 aromatic heterocycles. The summed E-state index contributed by atoms with van der Waals surface area (Å²) in [6.07, 6.45) is 0. The maximum atomic E-state index is 5.85. The number of rotatable bonds is 3. The first-order valence-electron chi connectivity index (χ1n) is 6.12. The standard InChI is InChI=1S/C14H19N5/c1-9-13(15)16-10(2)17-14(9)18-11-6-5-7-12(8-11)19(3)4/h5-8H,1-4H3,(H3,15,16,17,18). The predicted octanol–water partition coefficient (Wildman–Crippen LogP) is 2.49. The number of anilines is 4. The summed E-state index contributed by atoms with van der Waals surface area (Å²) in [5, 5.41) is 3.29. The highest BCUT2D eigenvalue weighted by atomic mass is 15.1. The summed E-state index contributed by atoms with van der Waals surface area (Å²) in [5.74, 6) is 1.93. The fourth-order valence-corrected chi connectivity index (χ4v) is 1.77. The number of hydrogen-bond donors (Lipinski definition) is 2. The molecule has 0 atom stereocenters. The van der Waals surface area contributed by atoms with E-state index in [1.165, 1.54) is 0 Å². The third-order valence-corrected chi connectivity index (χ3v) is 2.92. The highest BCUT2D eigenvalue weighted by Gasteiger charge is 2.07. The Bertz CT molecular complexity index is 592. The van der Waals surface area contributed by atoms with Crippen molar-refractivity contribution >= 4 is 23.0 Å². The molecule has 0 aliphatic rings. The van der Waals surface area contributed by atoms with Gasteiger partial charge in [0.15, 0.2) is 0 Å². The zero-order chi connectivity index (χ0) is 14.0. The predicted molar refractivity (Wildman–Crippen MR) is 80.0 cm³/mol. The SMILES string of the molecule is Cc1nc(N)c(C)c(Nc2cccc(N(C)C)c2)n1. The van der Waals surface area contributed by atoms with Crippen LogP contribution >= 0.6 is 0 Å². The molecule has 19 heavy (non-hydrogen) atoms. The highest BCUT2D eigenvalue weighted by Crippen LogP contribution is 2.24. The lowest BCUT2D eigenvalue weighted by molar-refractivity contribution is 1.04. The van der Waals surface area contributed by atoms with Gasteiger partial charge in [0.05, 0.1) is 0 Å². The van der Waals surface area contributed by atoms with Crippen molar-refractivity contribution < 1.29 is 0 Å². The monoisotopic (exact) mass is 257 g/mol. The molecule has 5 nitrogen and oxygen atoms in total. The van der Waals surface area contributed by atoms with Crippen molar-refractivity contribution in [1.82, 2.24) is 9.97 Å². The van der Waals surface area contributed by atoms with Crippen LogP contribution in [0.25, 0.3) is 0 Å². The molecule has 5 heteroatoms. The summed E-state index contributed by atoms with van der Waals surface area (Å²) < 4.78 is 0. The fourth-order valence-electron chi connectivity index (χ4n) is 1.77. The Hall–Kier alpha value is -2.30. The number of aromatic nitrogens is 2. The molecule has 0 aliphatic carbocycles. The van der Waals surface area contributed by atoms with Crippen LogP contribution in [0.4, 0.5) is 23.0 Å². The Balaban J connectivity index is 2.33. The quantitative estimate of drug-likeness (QED) is 0.884. The number of nitrogens with zero attached hydrogens (tertiary/aromatic N) is 3. The molecule has 100 valence electrons. The normalized spacial score (nSPS) is 10.3. The van der Waals surface area contributed by atoms with Crippen LogP contribution in [0.5, 0.6) is 0 Å². The molecule has 3 N–H and O–H groups in total. The Morgan fingerprint density at radius 2 is 1.89 bits per heavy atom. The van der Waals surface area contributed by atoms with Crippen molar-refractivity contribution in [3.05, 3.63) is 35.7 Å². The average Bonchev–Trinajstić information content (AvgIpc) is 2.35. The summed E-state index contributed by atoms with van der Waals surface area (Å²) in [6, 6.07) is 8.12. The van der Waals surface area contributed by atoms with Crippen molar-refractivity contribution in [2.75, 3.05) is 30.0 Å². The van der Waals surface area contributed by atoms with E-state index >= 15 is 0 Å². The Kier molecular flexibility index (Phi) is 3.55. The number of nitrogens with one attached hydrogen (secondary N) is 1. The van der Waals surface area contributed by atoms with Gasteiger partial charge < -0.3 is 16.0 Å². The molecule has 2 rings (SSSR count). The van der Waals surface area contributed by atoms with Gasteiger partial charge in [-0.05, 0) is 32.0 Å². The van der Waals surface area contributed by atoms with Gasteiger partial charge in [-0.3, -0.25) is 0 Å². The number of benzene rings is 1. The van der Waals surface area contributed by atoms with Crippen LogP contribution in [0.1, 0.15) is 11.4 Å². The third kappa shape index (κ3) is 2.93. The van der Waals surface area contributed by atoms with Gasteiger partial charge >= 0.3 is 0 Å². The van der Waals surface area contributed by atoms with Gasteiger partial charge in [-0.25, -0.2) is 9.97 Å². The molecule has 0 radical (unpaired) electrons. The number of aryl methyl sites for hydroxylation is 1. The Morgan fingerprint density at radius 1 is 1.16 bits per heavy atom. The van der Waals surface area contributed by atoms with Crippen LogP contribution in [-0.2, 0) is 0 Å². The maximum Gasteiger partial charge on any atom is 0.139 e. The van der Waals surface area contributed by atoms with Crippen LogP contribution < -0.4 is 16.0 Å². The smallest absolute Gasteiger partial charge is 0.139 e. The van der Waals surface area contributed by atoms with E-state index in [4.69, 9.17) is 5.73 Å². The second kappa shape index (κ2) is 5.14. The van der Waals surface area contributed by atoms with E-state index in [1.54, 1.807) is 0 Å². The Morgan fingerprint density at radius 3 is 2.58 bits per heavy atom. The van der Waals surface area contributed by atoms with Gasteiger partial charge in [-0.2, -0.15) is 0 Å². The summed E-state index contributed by atoms with van der Waals surface area (Å²) in [4.78, 5) is 10.6. The van der Waals surface area contributed by atoms with E-state index in [1.807, 2.05) is 40.1 Å². The molecule has 1 aromatic carbocycles. The minimum absolute atomic E-state index is 0.513. The number of nitrogens with two attached hydrogens (primary N) is 1. The topological polar surface area (TPSA) is 67.1 Å². The van der Waals surface area contributed by atoms with E-state index in [2.05, 4.69) is 32.3 Å². The molecule has 0 unspecified atom stereocenters. The molecule has 0 bridgehead atoms. The highest BCUT2D eigenvalue weighted by molar-refractivity contribution is 5.67. The maximum absolute atomic E-state index is 5.85. The molecule has 2 aromatic rings. The number of nitrogen functional groups attached to an aromatic ring is 1. The first-order valence-corrected chi connectivity index (χ1v) is 6.12. The van der Waals surface area contributed by atoms with Crippen molar-refractivity contribution in [3.8, 4) is 0 Å². The van der Waals surface area contributed by atoms with Crippen LogP contribution in [0, 0.1) is 13.8 Å². The second-order valence-electron chi connectivity index (χ2n) is 4.70. The van der Waals surface area contributed by atoms with Gasteiger partial charge in [0.2, 0.25) is 0 Å². The van der Waals surface area contributed by atoms with E-state index < -0.39 is 0 Å². The lowest BCUT2D eigenvalue weighted by atomic mass is 10.2. The molecule has 0 aliphatic heterocycles. The Labute approximate surface area is 113 Å². The van der Waals surface area contributed by atoms with Crippen LogP contribution in [0.3, 0.4) is 0 Å². The minimum atomic E-state index is 0.513. The van der Waals surface area contributed by atoms with E-state index in [0.29, 0.717) is 11.6 Å².